The molecule has 4 rings (SSSR count). The Hall–Kier alpha value is -3.73. The summed E-state index contributed by atoms with van der Waals surface area (Å²) in [5.74, 6) is -0.409. The molecule has 0 aliphatic carbocycles. The van der Waals surface area contributed by atoms with Crippen LogP contribution in [0.5, 0.6) is 0 Å². The molecule has 0 unspecified atom stereocenters. The summed E-state index contributed by atoms with van der Waals surface area (Å²) in [6.07, 6.45) is -0.474. The molecular weight excluding hydrogens is 441 g/mol. The Balaban J connectivity index is 1.51. The number of halogens is 3. The SMILES string of the molecule is C[C@H](c1ccc(C(F)(F)F)cc1)C1(C#N)CCN(C(=O)c2ccccc2-c2ccncn2)CC1. The second-order valence-electron chi connectivity index (χ2n) is 8.54. The largest absolute Gasteiger partial charge is 0.416 e. The number of nitriles is 1. The van der Waals surface area contributed by atoms with Crippen LogP contribution in [-0.2, 0) is 6.18 Å². The van der Waals surface area contributed by atoms with Crippen molar-refractivity contribution in [3.63, 3.8) is 0 Å². The Labute approximate surface area is 195 Å². The van der Waals surface area contributed by atoms with Crippen molar-refractivity contribution in [2.75, 3.05) is 13.1 Å². The maximum atomic E-state index is 13.4. The van der Waals surface area contributed by atoms with Crippen molar-refractivity contribution in [1.82, 2.24) is 14.9 Å². The number of rotatable bonds is 4. The molecule has 1 atom stereocenters. The predicted octanol–water partition coefficient (Wildman–Crippen LogP) is 5.71. The van der Waals surface area contributed by atoms with Crippen molar-refractivity contribution in [3.05, 3.63) is 83.8 Å². The van der Waals surface area contributed by atoms with Crippen molar-refractivity contribution < 1.29 is 18.0 Å². The highest BCUT2D eigenvalue weighted by atomic mass is 19.4. The van der Waals surface area contributed by atoms with Crippen molar-refractivity contribution in [1.29, 1.82) is 5.26 Å². The minimum absolute atomic E-state index is 0.136. The number of likely N-dealkylation sites (tertiary alicyclic amines) is 1. The number of carbonyl (C=O) groups is 1. The number of hydrogen-bond acceptors (Lipinski definition) is 4. The van der Waals surface area contributed by atoms with E-state index < -0.39 is 17.2 Å². The van der Waals surface area contributed by atoms with Crippen LogP contribution in [0.25, 0.3) is 11.3 Å². The van der Waals surface area contributed by atoms with Gasteiger partial charge in [0.05, 0.1) is 22.7 Å². The first-order valence-corrected chi connectivity index (χ1v) is 11.0. The highest BCUT2D eigenvalue weighted by molar-refractivity contribution is 6.00. The van der Waals surface area contributed by atoms with Crippen LogP contribution in [0.2, 0.25) is 0 Å². The van der Waals surface area contributed by atoms with Crippen LogP contribution in [0.1, 0.15) is 47.2 Å². The smallest absolute Gasteiger partial charge is 0.339 e. The molecule has 1 aliphatic rings. The van der Waals surface area contributed by atoms with Crippen LogP contribution in [-0.4, -0.2) is 33.9 Å². The third kappa shape index (κ3) is 4.51. The number of benzene rings is 2. The summed E-state index contributed by atoms with van der Waals surface area (Å²) >= 11 is 0. The van der Waals surface area contributed by atoms with E-state index in [0.29, 0.717) is 48.3 Å². The van der Waals surface area contributed by atoms with Gasteiger partial charge in [-0.05, 0) is 48.6 Å². The fourth-order valence-electron chi connectivity index (χ4n) is 4.54. The summed E-state index contributed by atoms with van der Waals surface area (Å²) in [5, 5.41) is 10.0. The number of hydrogen-bond donors (Lipinski definition) is 0. The molecule has 0 saturated carbocycles. The molecule has 1 amide bonds. The van der Waals surface area contributed by atoms with E-state index in [1.807, 2.05) is 19.1 Å². The summed E-state index contributed by atoms with van der Waals surface area (Å²) in [5.41, 5.74) is 1.10. The topological polar surface area (TPSA) is 69.9 Å². The van der Waals surface area contributed by atoms with E-state index >= 15 is 0 Å². The Morgan fingerprint density at radius 2 is 1.76 bits per heavy atom. The quantitative estimate of drug-likeness (QED) is 0.496. The van der Waals surface area contributed by atoms with E-state index in [1.165, 1.54) is 18.5 Å². The lowest BCUT2D eigenvalue weighted by Gasteiger charge is -2.41. The Bertz CT molecular complexity index is 1200. The maximum Gasteiger partial charge on any atom is 0.416 e. The lowest BCUT2D eigenvalue weighted by Crippen LogP contribution is -2.44. The number of piperidine rings is 1. The van der Waals surface area contributed by atoms with Crippen molar-refractivity contribution in [3.8, 4) is 17.3 Å². The third-order valence-electron chi connectivity index (χ3n) is 6.75. The number of carbonyl (C=O) groups excluding carboxylic acids is 1. The molecule has 1 aromatic heterocycles. The van der Waals surface area contributed by atoms with E-state index in [0.717, 1.165) is 12.1 Å². The Morgan fingerprint density at radius 1 is 1.09 bits per heavy atom. The molecule has 0 radical (unpaired) electrons. The predicted molar refractivity (Wildman–Crippen MR) is 121 cm³/mol. The summed E-state index contributed by atoms with van der Waals surface area (Å²) in [6.45, 7) is 2.64. The molecule has 1 saturated heterocycles. The summed E-state index contributed by atoms with van der Waals surface area (Å²) in [4.78, 5) is 23.3. The molecule has 2 heterocycles. The average Bonchev–Trinajstić information content (AvgIpc) is 2.88. The fourth-order valence-corrected chi connectivity index (χ4v) is 4.54. The van der Waals surface area contributed by atoms with E-state index in [2.05, 4.69) is 16.0 Å². The second kappa shape index (κ2) is 9.26. The van der Waals surface area contributed by atoms with Crippen LogP contribution >= 0.6 is 0 Å². The molecule has 5 nitrogen and oxygen atoms in total. The van der Waals surface area contributed by atoms with Crippen LogP contribution in [0, 0.1) is 16.7 Å². The Morgan fingerprint density at radius 3 is 2.35 bits per heavy atom. The summed E-state index contributed by atoms with van der Waals surface area (Å²) in [7, 11) is 0. The van der Waals surface area contributed by atoms with Gasteiger partial charge in [0.2, 0.25) is 0 Å². The maximum absolute atomic E-state index is 13.4. The molecule has 2 aromatic carbocycles. The summed E-state index contributed by atoms with van der Waals surface area (Å²) < 4.78 is 38.7. The van der Waals surface area contributed by atoms with Crippen molar-refractivity contribution in [2.45, 2.75) is 31.9 Å². The highest BCUT2D eigenvalue weighted by Crippen LogP contribution is 2.44. The van der Waals surface area contributed by atoms with E-state index in [4.69, 9.17) is 0 Å². The van der Waals surface area contributed by atoms with Gasteiger partial charge in [-0.3, -0.25) is 4.79 Å². The number of aromatic nitrogens is 2. The molecule has 3 aromatic rings. The van der Waals surface area contributed by atoms with Crippen molar-refractivity contribution in [2.24, 2.45) is 5.41 Å². The molecule has 0 spiro atoms. The standard InChI is InChI=1S/C26H23F3N4O/c1-18(19-6-8-20(9-7-19)26(27,28)29)25(16-30)11-14-33(15-12-25)24(34)22-5-3-2-4-21(22)23-10-13-31-17-32-23/h2-10,13,17-18H,11-12,14-15H2,1H3/t18-/m1/s1. The van der Waals surface area contributed by atoms with E-state index in [1.54, 1.807) is 29.3 Å². The number of alkyl halides is 3. The van der Waals surface area contributed by atoms with Gasteiger partial charge >= 0.3 is 6.18 Å². The molecular formula is C26H23F3N4O. The lowest BCUT2D eigenvalue weighted by atomic mass is 9.68. The first kappa shape index (κ1) is 23.4. The van der Waals surface area contributed by atoms with Crippen LogP contribution in [0.15, 0.2) is 67.1 Å². The zero-order valence-corrected chi connectivity index (χ0v) is 18.6. The lowest BCUT2D eigenvalue weighted by molar-refractivity contribution is -0.137. The fraction of sp³-hybridized carbons (Fsp3) is 0.308. The first-order valence-electron chi connectivity index (χ1n) is 11.0. The van der Waals surface area contributed by atoms with Gasteiger partial charge in [0.15, 0.2) is 0 Å². The minimum Gasteiger partial charge on any atom is -0.339 e. The molecule has 34 heavy (non-hydrogen) atoms. The van der Waals surface area contributed by atoms with Gasteiger partial charge in [-0.25, -0.2) is 9.97 Å². The number of nitrogens with zero attached hydrogens (tertiary/aromatic N) is 4. The van der Waals surface area contributed by atoms with Gasteiger partial charge in [0, 0.05) is 30.4 Å². The number of amides is 1. The van der Waals surface area contributed by atoms with Crippen molar-refractivity contribution >= 4 is 5.91 Å². The molecule has 0 N–H and O–H groups in total. The third-order valence-corrected chi connectivity index (χ3v) is 6.75. The molecule has 8 heteroatoms. The molecule has 1 fully saturated rings. The summed E-state index contributed by atoms with van der Waals surface area (Å²) in [6, 6.07) is 16.4. The molecule has 1 aliphatic heterocycles. The average molecular weight is 464 g/mol. The van der Waals surface area contributed by atoms with E-state index in [-0.39, 0.29) is 11.8 Å². The monoisotopic (exact) mass is 464 g/mol. The molecule has 174 valence electrons. The van der Waals surface area contributed by atoms with Gasteiger partial charge in [-0.15, -0.1) is 0 Å². The Kier molecular flexibility index (Phi) is 6.38. The van der Waals surface area contributed by atoms with Gasteiger partial charge in [0.25, 0.3) is 5.91 Å². The van der Waals surface area contributed by atoms with Gasteiger partial charge < -0.3 is 4.90 Å². The second-order valence-corrected chi connectivity index (χ2v) is 8.54. The highest BCUT2D eigenvalue weighted by Gasteiger charge is 2.42. The van der Waals surface area contributed by atoms with Crippen LogP contribution in [0.4, 0.5) is 13.2 Å². The van der Waals surface area contributed by atoms with Crippen LogP contribution < -0.4 is 0 Å². The molecule has 0 bridgehead atoms. The van der Waals surface area contributed by atoms with E-state index in [9.17, 15) is 23.2 Å². The van der Waals surface area contributed by atoms with Crippen LogP contribution in [0.3, 0.4) is 0 Å². The normalized spacial score (nSPS) is 16.5. The van der Waals surface area contributed by atoms with Gasteiger partial charge in [-0.1, -0.05) is 37.3 Å². The van der Waals surface area contributed by atoms with Gasteiger partial charge in [0.1, 0.15) is 6.33 Å². The zero-order valence-electron chi connectivity index (χ0n) is 18.6. The minimum atomic E-state index is -4.40. The zero-order chi connectivity index (χ0) is 24.3. The first-order chi connectivity index (χ1) is 16.2. The van der Waals surface area contributed by atoms with Gasteiger partial charge in [-0.2, -0.15) is 18.4 Å².